The molecule has 0 radical (unpaired) electrons. The molecule has 0 saturated carbocycles. The molecule has 0 aliphatic heterocycles. The van der Waals surface area contributed by atoms with Crippen LogP contribution in [-0.4, -0.2) is 5.11 Å². The summed E-state index contributed by atoms with van der Waals surface area (Å²) >= 11 is 11.2. The summed E-state index contributed by atoms with van der Waals surface area (Å²) in [5.41, 5.74) is 2.46. The lowest BCUT2D eigenvalue weighted by molar-refractivity contribution is 0.156. The molecule has 2 aromatic carbocycles. The first-order chi connectivity index (χ1) is 9.18. The molecule has 0 heterocycles. The maximum Gasteiger partial charge on any atom is 0.0792 e. The summed E-state index contributed by atoms with van der Waals surface area (Å²) in [6.45, 7) is 0. The van der Waals surface area contributed by atoms with Gasteiger partial charge in [0.05, 0.1) is 16.1 Å². The molecule has 3 heteroatoms. The molecule has 0 unspecified atom stereocenters. The van der Waals surface area contributed by atoms with Gasteiger partial charge in [-0.25, -0.2) is 0 Å². The maximum absolute atomic E-state index is 9.56. The Kier molecular flexibility index (Phi) is 5.26. The third kappa shape index (κ3) is 3.97. The van der Waals surface area contributed by atoms with Crippen molar-refractivity contribution >= 4 is 23.2 Å². The molecule has 0 spiro atoms. The van der Waals surface area contributed by atoms with E-state index in [0.29, 0.717) is 10.0 Å². The van der Waals surface area contributed by atoms with Crippen molar-refractivity contribution in [1.29, 1.82) is 0 Å². The highest BCUT2D eigenvalue weighted by Crippen LogP contribution is 2.28. The molecule has 2 aromatic rings. The van der Waals surface area contributed by atoms with Crippen molar-refractivity contribution in [2.24, 2.45) is 0 Å². The second kappa shape index (κ2) is 6.95. The largest absolute Gasteiger partial charge is 0.388 e. The Morgan fingerprint density at radius 3 is 2.05 bits per heavy atom. The van der Waals surface area contributed by atoms with Crippen LogP contribution in [0.2, 0.25) is 10.0 Å². The van der Waals surface area contributed by atoms with Gasteiger partial charge in [-0.1, -0.05) is 59.6 Å². The highest BCUT2D eigenvalue weighted by molar-refractivity contribution is 6.41. The van der Waals surface area contributed by atoms with Gasteiger partial charge >= 0.3 is 0 Å². The zero-order valence-electron chi connectivity index (χ0n) is 10.5. The van der Waals surface area contributed by atoms with Crippen LogP contribution >= 0.6 is 23.2 Å². The van der Waals surface area contributed by atoms with Crippen LogP contribution in [0.4, 0.5) is 0 Å². The highest BCUT2D eigenvalue weighted by atomic mass is 35.5. The van der Waals surface area contributed by atoms with E-state index in [1.165, 1.54) is 5.56 Å². The molecule has 1 aliphatic carbocycles. The number of fused-ring (bicyclic) bond motifs is 1. The van der Waals surface area contributed by atoms with Crippen LogP contribution in [0.25, 0.3) is 0 Å². The van der Waals surface area contributed by atoms with Gasteiger partial charge in [-0.2, -0.15) is 0 Å². The summed E-state index contributed by atoms with van der Waals surface area (Å²) in [4.78, 5) is 0. The Bertz CT molecular complexity index is 519. The lowest BCUT2D eigenvalue weighted by Gasteiger charge is -2.20. The predicted molar refractivity (Wildman–Crippen MR) is 80.8 cm³/mol. The fourth-order valence-electron chi connectivity index (χ4n) is 2.17. The fraction of sp³-hybridized carbons (Fsp3) is 0.250. The van der Waals surface area contributed by atoms with Gasteiger partial charge < -0.3 is 5.11 Å². The van der Waals surface area contributed by atoms with E-state index in [9.17, 15) is 5.11 Å². The van der Waals surface area contributed by atoms with Crippen LogP contribution in [0.15, 0.2) is 48.5 Å². The molecule has 0 bridgehead atoms. The summed E-state index contributed by atoms with van der Waals surface area (Å²) in [6, 6.07) is 15.4. The molecule has 1 N–H and O–H groups in total. The molecule has 100 valence electrons. The SMILES string of the molecule is Clc1ccccc1Cl.O[C@H]1CCCc2ccccc21. The van der Waals surface area contributed by atoms with Gasteiger partial charge in [0.25, 0.3) is 0 Å². The number of aliphatic hydroxyl groups is 1. The quantitative estimate of drug-likeness (QED) is 0.721. The predicted octanol–water partition coefficient (Wildman–Crippen LogP) is 5.05. The third-order valence-electron chi connectivity index (χ3n) is 3.16. The number of hydrogen-bond donors (Lipinski definition) is 1. The second-order valence-electron chi connectivity index (χ2n) is 4.52. The molecule has 0 aromatic heterocycles. The molecular weight excluding hydrogens is 279 g/mol. The van der Waals surface area contributed by atoms with Crippen LogP contribution in [0.5, 0.6) is 0 Å². The van der Waals surface area contributed by atoms with E-state index in [1.54, 1.807) is 12.1 Å². The second-order valence-corrected chi connectivity index (χ2v) is 5.34. The van der Waals surface area contributed by atoms with E-state index >= 15 is 0 Å². The van der Waals surface area contributed by atoms with Crippen LogP contribution in [0, 0.1) is 0 Å². The molecule has 3 rings (SSSR count). The molecule has 0 saturated heterocycles. The summed E-state index contributed by atoms with van der Waals surface area (Å²) in [6.07, 6.45) is 2.97. The maximum atomic E-state index is 9.56. The Morgan fingerprint density at radius 1 is 0.895 bits per heavy atom. The minimum Gasteiger partial charge on any atom is -0.388 e. The standard InChI is InChI=1S/C10H12O.C6H4Cl2/c11-10-7-3-5-8-4-1-2-6-9(8)10;7-5-3-1-2-4-6(5)8/h1-2,4,6,10-11H,3,5,7H2;1-4H/t10-;/m0./s1. The number of halogens is 2. The number of benzene rings is 2. The van der Waals surface area contributed by atoms with Crippen molar-refractivity contribution in [3.05, 3.63) is 69.7 Å². The first kappa shape index (κ1) is 14.4. The van der Waals surface area contributed by atoms with Gasteiger partial charge in [0.15, 0.2) is 0 Å². The summed E-state index contributed by atoms with van der Waals surface area (Å²) in [5, 5.41) is 10.8. The zero-order chi connectivity index (χ0) is 13.7. The van der Waals surface area contributed by atoms with Crippen molar-refractivity contribution < 1.29 is 5.11 Å². The third-order valence-corrected chi connectivity index (χ3v) is 3.92. The highest BCUT2D eigenvalue weighted by Gasteiger charge is 2.15. The van der Waals surface area contributed by atoms with Gasteiger partial charge in [-0.05, 0) is 42.5 Å². The number of aryl methyl sites for hydroxylation is 1. The van der Waals surface area contributed by atoms with Crippen molar-refractivity contribution in [2.45, 2.75) is 25.4 Å². The molecule has 1 atom stereocenters. The average molecular weight is 295 g/mol. The molecule has 0 amide bonds. The molecular formula is C16H16Cl2O. The summed E-state index contributed by atoms with van der Waals surface area (Å²) in [7, 11) is 0. The lowest BCUT2D eigenvalue weighted by atomic mass is 9.90. The Balaban J connectivity index is 0.000000148. The fourth-order valence-corrected chi connectivity index (χ4v) is 2.44. The Morgan fingerprint density at radius 2 is 1.47 bits per heavy atom. The van der Waals surface area contributed by atoms with Gasteiger partial charge in [0, 0.05) is 0 Å². The van der Waals surface area contributed by atoms with Crippen molar-refractivity contribution in [3.8, 4) is 0 Å². The average Bonchev–Trinajstić information content (AvgIpc) is 2.44. The van der Waals surface area contributed by atoms with E-state index in [0.717, 1.165) is 24.8 Å². The van der Waals surface area contributed by atoms with Crippen molar-refractivity contribution in [2.75, 3.05) is 0 Å². The number of aliphatic hydroxyl groups excluding tert-OH is 1. The molecule has 1 nitrogen and oxygen atoms in total. The van der Waals surface area contributed by atoms with Crippen molar-refractivity contribution in [1.82, 2.24) is 0 Å². The normalized spacial score (nSPS) is 17.1. The molecule has 19 heavy (non-hydrogen) atoms. The van der Waals surface area contributed by atoms with Crippen molar-refractivity contribution in [3.63, 3.8) is 0 Å². The Labute approximate surface area is 123 Å². The molecule has 1 aliphatic rings. The summed E-state index contributed by atoms with van der Waals surface area (Å²) < 4.78 is 0. The summed E-state index contributed by atoms with van der Waals surface area (Å²) in [5.74, 6) is 0. The minimum absolute atomic E-state index is 0.208. The monoisotopic (exact) mass is 294 g/mol. The van der Waals surface area contributed by atoms with Crippen LogP contribution < -0.4 is 0 Å². The van der Waals surface area contributed by atoms with E-state index < -0.39 is 0 Å². The van der Waals surface area contributed by atoms with E-state index in [-0.39, 0.29) is 6.10 Å². The van der Waals surface area contributed by atoms with Gasteiger partial charge in [0.2, 0.25) is 0 Å². The van der Waals surface area contributed by atoms with Gasteiger partial charge in [-0.3, -0.25) is 0 Å². The zero-order valence-corrected chi connectivity index (χ0v) is 12.0. The topological polar surface area (TPSA) is 20.2 Å². The van der Waals surface area contributed by atoms with Crippen LogP contribution in [-0.2, 0) is 6.42 Å². The first-order valence-corrected chi connectivity index (χ1v) is 7.10. The van der Waals surface area contributed by atoms with Crippen LogP contribution in [0.3, 0.4) is 0 Å². The Hall–Kier alpha value is -1.02. The van der Waals surface area contributed by atoms with Gasteiger partial charge in [0.1, 0.15) is 0 Å². The smallest absolute Gasteiger partial charge is 0.0792 e. The number of rotatable bonds is 0. The first-order valence-electron chi connectivity index (χ1n) is 6.34. The van der Waals surface area contributed by atoms with E-state index in [2.05, 4.69) is 6.07 Å². The number of hydrogen-bond acceptors (Lipinski definition) is 1. The van der Waals surface area contributed by atoms with E-state index in [1.807, 2.05) is 30.3 Å². The minimum atomic E-state index is -0.208. The lowest BCUT2D eigenvalue weighted by Crippen LogP contribution is -2.08. The van der Waals surface area contributed by atoms with E-state index in [4.69, 9.17) is 23.2 Å². The van der Waals surface area contributed by atoms with Gasteiger partial charge in [-0.15, -0.1) is 0 Å². The molecule has 0 fully saturated rings. The van der Waals surface area contributed by atoms with Crippen LogP contribution in [0.1, 0.15) is 30.1 Å².